The molecule has 2 saturated heterocycles. The molecule has 0 atom stereocenters. The van der Waals surface area contributed by atoms with Crippen LogP contribution in [0, 0.1) is 5.92 Å². The molecule has 0 radical (unpaired) electrons. The topological polar surface area (TPSA) is 106 Å². The number of aromatic nitrogens is 1. The van der Waals surface area contributed by atoms with E-state index in [1.807, 2.05) is 35.4 Å². The summed E-state index contributed by atoms with van der Waals surface area (Å²) >= 11 is 0. The fourth-order valence-electron chi connectivity index (χ4n) is 4.53. The van der Waals surface area contributed by atoms with E-state index in [1.54, 1.807) is 0 Å². The van der Waals surface area contributed by atoms with Crippen molar-refractivity contribution < 1.29 is 32.7 Å². The van der Waals surface area contributed by atoms with Gasteiger partial charge >= 0.3 is 12.1 Å². The van der Waals surface area contributed by atoms with Gasteiger partial charge in [-0.2, -0.15) is 13.2 Å². The second-order valence-electron chi connectivity index (χ2n) is 9.00. The maximum atomic E-state index is 13.0. The molecule has 0 bridgehead atoms. The number of amides is 2. The minimum Gasteiger partial charge on any atom is -0.475 e. The molecule has 2 amide bonds. The van der Waals surface area contributed by atoms with Crippen LogP contribution in [-0.2, 0) is 9.59 Å². The number of nitrogens with one attached hydrogen (secondary N) is 2. The number of fused-ring (bicyclic) bond motifs is 1. The monoisotopic (exact) mass is 482 g/mol. The number of nitrogens with zero attached hydrogens (tertiary/aromatic N) is 2. The third-order valence-electron chi connectivity index (χ3n) is 6.20. The fraction of sp³-hybridized carbons (Fsp3) is 0.522. The van der Waals surface area contributed by atoms with Crippen molar-refractivity contribution in [1.29, 1.82) is 0 Å². The Bertz CT molecular complexity index is 1040. The molecule has 2 fully saturated rings. The molecule has 0 aliphatic carbocycles. The van der Waals surface area contributed by atoms with Gasteiger partial charge in [0, 0.05) is 55.4 Å². The lowest BCUT2D eigenvalue weighted by Crippen LogP contribution is -2.68. The number of carboxylic acid groups (broad SMARTS) is 1. The Labute approximate surface area is 195 Å². The van der Waals surface area contributed by atoms with Crippen molar-refractivity contribution in [2.24, 2.45) is 5.92 Å². The van der Waals surface area contributed by atoms with Gasteiger partial charge < -0.3 is 20.3 Å². The molecule has 2 aliphatic heterocycles. The van der Waals surface area contributed by atoms with Crippen LogP contribution in [-0.4, -0.2) is 82.1 Å². The predicted octanol–water partition coefficient (Wildman–Crippen LogP) is 2.86. The number of halogens is 3. The molecule has 0 saturated carbocycles. The summed E-state index contributed by atoms with van der Waals surface area (Å²) in [6.45, 7) is 8.14. The molecule has 3 N–H and O–H groups in total. The number of aliphatic carboxylic acids is 1. The number of likely N-dealkylation sites (tertiary alicyclic amines) is 1. The molecule has 11 heteroatoms. The first kappa shape index (κ1) is 25.5. The van der Waals surface area contributed by atoms with Crippen LogP contribution in [0.2, 0.25) is 0 Å². The lowest BCUT2D eigenvalue weighted by atomic mass is 9.82. The molecule has 8 nitrogen and oxygen atoms in total. The minimum absolute atomic E-state index is 0.0552. The summed E-state index contributed by atoms with van der Waals surface area (Å²) in [6, 6.07) is 7.75. The summed E-state index contributed by atoms with van der Waals surface area (Å²) in [5.41, 5.74) is 1.29. The number of rotatable bonds is 3. The normalized spacial score (nSPS) is 18.5. The largest absolute Gasteiger partial charge is 0.490 e. The number of alkyl halides is 3. The highest BCUT2D eigenvalue weighted by Crippen LogP contribution is 2.32. The number of benzene rings is 1. The van der Waals surface area contributed by atoms with Crippen molar-refractivity contribution in [2.75, 3.05) is 32.7 Å². The molecule has 1 spiro atoms. The summed E-state index contributed by atoms with van der Waals surface area (Å²) in [5, 5.41) is 11.2. The first-order valence-electron chi connectivity index (χ1n) is 11.1. The highest BCUT2D eigenvalue weighted by Gasteiger charge is 2.48. The van der Waals surface area contributed by atoms with E-state index in [4.69, 9.17) is 9.90 Å². The van der Waals surface area contributed by atoms with Gasteiger partial charge in [-0.25, -0.2) is 4.79 Å². The van der Waals surface area contributed by atoms with E-state index >= 15 is 0 Å². The van der Waals surface area contributed by atoms with E-state index in [-0.39, 0.29) is 11.8 Å². The van der Waals surface area contributed by atoms with Crippen LogP contribution < -0.4 is 5.32 Å². The van der Waals surface area contributed by atoms with Crippen LogP contribution in [0.3, 0.4) is 0 Å². The molecule has 2 aliphatic rings. The smallest absolute Gasteiger partial charge is 0.475 e. The summed E-state index contributed by atoms with van der Waals surface area (Å²) in [7, 11) is 0. The van der Waals surface area contributed by atoms with Crippen molar-refractivity contribution in [3.05, 3.63) is 36.0 Å². The molecule has 1 aromatic heterocycles. The van der Waals surface area contributed by atoms with Gasteiger partial charge in [0.25, 0.3) is 5.91 Å². The summed E-state index contributed by atoms with van der Waals surface area (Å²) in [4.78, 5) is 42.0. The van der Waals surface area contributed by atoms with E-state index in [0.29, 0.717) is 44.0 Å². The Morgan fingerprint density at radius 3 is 2.38 bits per heavy atom. The predicted molar refractivity (Wildman–Crippen MR) is 119 cm³/mol. The number of piperidine rings is 1. The van der Waals surface area contributed by atoms with E-state index < -0.39 is 17.7 Å². The number of carbonyl (C=O) groups excluding carboxylic acids is 2. The van der Waals surface area contributed by atoms with Crippen molar-refractivity contribution in [3.8, 4) is 0 Å². The molecular weight excluding hydrogens is 453 g/mol. The Kier molecular flexibility index (Phi) is 7.54. The zero-order chi connectivity index (χ0) is 25.1. The summed E-state index contributed by atoms with van der Waals surface area (Å²) in [6.07, 6.45) is -1.80. The molecule has 186 valence electrons. The number of H-pyrrole nitrogens is 1. The number of piperazine rings is 1. The van der Waals surface area contributed by atoms with Gasteiger partial charge in [-0.3, -0.25) is 14.5 Å². The molecule has 2 aromatic rings. The summed E-state index contributed by atoms with van der Waals surface area (Å²) in [5.74, 6) is -2.05. The lowest BCUT2D eigenvalue weighted by Gasteiger charge is -2.50. The standard InChI is InChI=1S/C21H28N4O2.C2HF3O2/c1-15(2)14-25-12-9-23-20(27)21(25)6-10-24(11-7-21)19(26)17-3-4-18-16(13-17)5-8-22-18;3-2(4,5)1(6)7/h3-5,8,13,15,22H,6-7,9-12,14H2,1-2H3,(H,23,27);(H,6,7). The maximum absolute atomic E-state index is 13.0. The molecule has 0 unspecified atom stereocenters. The van der Waals surface area contributed by atoms with Gasteiger partial charge in [-0.1, -0.05) is 13.8 Å². The Hall–Kier alpha value is -3.08. The third kappa shape index (κ3) is 5.52. The Morgan fingerprint density at radius 2 is 1.79 bits per heavy atom. The van der Waals surface area contributed by atoms with Crippen LogP contribution in [0.1, 0.15) is 37.0 Å². The van der Waals surface area contributed by atoms with Crippen LogP contribution in [0.25, 0.3) is 10.9 Å². The Balaban J connectivity index is 0.000000406. The van der Waals surface area contributed by atoms with E-state index in [1.165, 1.54) is 0 Å². The van der Waals surface area contributed by atoms with Gasteiger partial charge in [-0.05, 0) is 43.0 Å². The van der Waals surface area contributed by atoms with E-state index in [0.717, 1.165) is 24.0 Å². The van der Waals surface area contributed by atoms with E-state index in [2.05, 4.69) is 29.0 Å². The number of carboxylic acids is 1. The Morgan fingerprint density at radius 1 is 1.15 bits per heavy atom. The van der Waals surface area contributed by atoms with E-state index in [9.17, 15) is 22.8 Å². The zero-order valence-electron chi connectivity index (χ0n) is 19.1. The van der Waals surface area contributed by atoms with Gasteiger partial charge in [0.1, 0.15) is 5.54 Å². The quantitative estimate of drug-likeness (QED) is 0.624. The highest BCUT2D eigenvalue weighted by atomic mass is 19.4. The van der Waals surface area contributed by atoms with Crippen molar-refractivity contribution in [2.45, 2.75) is 38.4 Å². The average Bonchev–Trinajstić information content (AvgIpc) is 3.24. The average molecular weight is 483 g/mol. The molecule has 1 aromatic carbocycles. The highest BCUT2D eigenvalue weighted by molar-refractivity contribution is 5.98. The fourth-order valence-corrected chi connectivity index (χ4v) is 4.53. The van der Waals surface area contributed by atoms with Gasteiger partial charge in [0.05, 0.1) is 0 Å². The van der Waals surface area contributed by atoms with Gasteiger partial charge in [0.2, 0.25) is 5.91 Å². The molecule has 4 rings (SSSR count). The number of carbonyl (C=O) groups is 3. The molecular formula is C23H29F3N4O4. The van der Waals surface area contributed by atoms with Crippen LogP contribution >= 0.6 is 0 Å². The third-order valence-corrected chi connectivity index (χ3v) is 6.20. The first-order chi connectivity index (χ1) is 15.9. The second kappa shape index (κ2) is 10.0. The van der Waals surface area contributed by atoms with Gasteiger partial charge in [0.15, 0.2) is 0 Å². The lowest BCUT2D eigenvalue weighted by molar-refractivity contribution is -0.192. The SMILES string of the molecule is CC(C)CN1CCNC(=O)C12CCN(C(=O)c1ccc3[nH]ccc3c1)CC2.O=C(O)C(F)(F)F. The number of hydrogen-bond acceptors (Lipinski definition) is 4. The molecule has 3 heterocycles. The first-order valence-corrected chi connectivity index (χ1v) is 11.1. The second-order valence-corrected chi connectivity index (χ2v) is 9.00. The van der Waals surface area contributed by atoms with Crippen molar-refractivity contribution in [1.82, 2.24) is 20.1 Å². The number of aromatic amines is 1. The van der Waals surface area contributed by atoms with Crippen LogP contribution in [0.15, 0.2) is 30.5 Å². The minimum atomic E-state index is -5.08. The van der Waals surface area contributed by atoms with Crippen LogP contribution in [0.4, 0.5) is 13.2 Å². The van der Waals surface area contributed by atoms with Crippen molar-refractivity contribution in [3.63, 3.8) is 0 Å². The van der Waals surface area contributed by atoms with Gasteiger partial charge in [-0.15, -0.1) is 0 Å². The van der Waals surface area contributed by atoms with Crippen LogP contribution in [0.5, 0.6) is 0 Å². The maximum Gasteiger partial charge on any atom is 0.490 e. The molecule has 34 heavy (non-hydrogen) atoms. The summed E-state index contributed by atoms with van der Waals surface area (Å²) < 4.78 is 31.7. The van der Waals surface area contributed by atoms with Crippen molar-refractivity contribution >= 4 is 28.7 Å². The zero-order valence-corrected chi connectivity index (χ0v) is 19.1. The number of hydrogen-bond donors (Lipinski definition) is 3.